The minimum absolute atomic E-state index is 0.0753. The first-order valence-corrected chi connectivity index (χ1v) is 25.3. The van der Waals surface area contributed by atoms with Gasteiger partial charge in [-0.15, -0.1) is 0 Å². The highest BCUT2D eigenvalue weighted by Crippen LogP contribution is 2.60. The summed E-state index contributed by atoms with van der Waals surface area (Å²) >= 11 is 0. The largest absolute Gasteiger partial charge is 0.489 e. The molecule has 0 radical (unpaired) electrons. The molecule has 4 fully saturated rings. The smallest absolute Gasteiger partial charge is 0.248 e. The third kappa shape index (κ3) is 13.7. The van der Waals surface area contributed by atoms with Gasteiger partial charge in [0.15, 0.2) is 5.78 Å². The predicted molar refractivity (Wildman–Crippen MR) is 280 cm³/mol. The average molecular weight is 945 g/mol. The Morgan fingerprint density at radius 1 is 0.899 bits per heavy atom. The summed E-state index contributed by atoms with van der Waals surface area (Å²) in [5.74, 6) is 2.84. The number of rotatable bonds is 13. The van der Waals surface area contributed by atoms with Crippen LogP contribution in [0.25, 0.3) is 10.9 Å². The van der Waals surface area contributed by atoms with E-state index in [1.165, 1.54) is 37.7 Å². The molecule has 2 aliphatic carbocycles. The molecule has 8 rings (SSSR count). The molecule has 3 aromatic carbocycles. The topological polar surface area (TPSA) is 156 Å². The lowest BCUT2D eigenvalue weighted by molar-refractivity contribution is -0.189. The standard InChI is InChI=1S/C20H29N3O3.C19H22N2O2.C13H15NO.C3H8.C2H6/c1-4-10-23(11-5-2)17-7-6-15(14-24)16(12-17)13-22(3)18-8-9-19(25)21-20(18)26;1-11-18(2,3)17(19(11,4)5)23-14-8-6-12(10-20)16-13(14)7-9-15(22)21-16;1-9(15)10-2-4-13(5-3-10)14-7-11-6-12(11)8-14;1-3-2;1-2/h6-7,12,14,18H,4-5,8-11,13H2,1-3H3,(H,21,25,26);6-9,11,17H,1-5H3,(H,21,22);2-5,11-12H,6-8H2,1H3;3H2,1-2H3;1-2H3/t;;11-,12?;;/m..0../s1. The number of anilines is 2. The number of aromatic nitrogens is 1. The summed E-state index contributed by atoms with van der Waals surface area (Å²) in [5, 5.41) is 12.4. The van der Waals surface area contributed by atoms with E-state index in [0.717, 1.165) is 66.3 Å². The highest BCUT2D eigenvalue weighted by atomic mass is 16.5. The fourth-order valence-electron chi connectivity index (χ4n) is 10.1. The van der Waals surface area contributed by atoms with Gasteiger partial charge in [-0.2, -0.15) is 5.26 Å². The zero-order valence-electron chi connectivity index (χ0n) is 43.8. The third-order valence-corrected chi connectivity index (χ3v) is 14.2. The molecule has 2 N–H and O–H groups in total. The van der Waals surface area contributed by atoms with Gasteiger partial charge in [-0.05, 0) is 124 Å². The van der Waals surface area contributed by atoms with Gasteiger partial charge in [-0.3, -0.25) is 34.2 Å². The molecule has 2 amide bonds. The molecule has 2 unspecified atom stereocenters. The number of piperidine rings is 2. The normalized spacial score (nSPS) is 21.1. The van der Waals surface area contributed by atoms with Crippen molar-refractivity contribution in [1.29, 1.82) is 5.26 Å². The number of hydrogen-bond acceptors (Lipinski definition) is 10. The van der Waals surface area contributed by atoms with Gasteiger partial charge in [0, 0.05) is 83.9 Å². The van der Waals surface area contributed by atoms with Crippen LogP contribution in [0.3, 0.4) is 0 Å². The lowest BCUT2D eigenvalue weighted by atomic mass is 9.46. The molecular formula is C57H80N6O6. The maximum absolute atomic E-state index is 12.1. The second-order valence-electron chi connectivity index (χ2n) is 20.0. The number of hydrogen-bond donors (Lipinski definition) is 2. The molecule has 2 aliphatic heterocycles. The SMILES string of the molecule is CC.CC(=O)c1ccc(N2CC3C[C@H]3C2)cc1.CC1C(C)(C)C(Oc2ccc(C#N)c3[nH]c(=O)ccc23)C1(C)C.CCC.CCCN(CCC)c1ccc(C=O)c(CN(C)C2CCC(=O)NC2=O)c1. The van der Waals surface area contributed by atoms with E-state index in [-0.39, 0.29) is 46.1 Å². The number of nitriles is 1. The van der Waals surface area contributed by atoms with Crippen LogP contribution in [-0.4, -0.2) is 79.1 Å². The number of ketones is 1. The van der Waals surface area contributed by atoms with E-state index in [1.54, 1.807) is 19.1 Å². The van der Waals surface area contributed by atoms with E-state index in [4.69, 9.17) is 4.74 Å². The van der Waals surface area contributed by atoms with Crippen molar-refractivity contribution in [2.75, 3.05) is 43.0 Å². The maximum Gasteiger partial charge on any atom is 0.248 e. The van der Waals surface area contributed by atoms with Crippen LogP contribution in [-0.2, 0) is 16.1 Å². The van der Waals surface area contributed by atoms with Gasteiger partial charge in [0.1, 0.15) is 24.2 Å². The summed E-state index contributed by atoms with van der Waals surface area (Å²) in [4.78, 5) is 67.0. The van der Waals surface area contributed by atoms with Crippen LogP contribution >= 0.6 is 0 Å². The Bertz CT molecular complexity index is 2440. The number of nitrogens with one attached hydrogen (secondary N) is 2. The second kappa shape index (κ2) is 25.2. The molecule has 374 valence electrons. The van der Waals surface area contributed by atoms with Gasteiger partial charge < -0.3 is 19.5 Å². The van der Waals surface area contributed by atoms with Crippen LogP contribution in [0.5, 0.6) is 5.75 Å². The number of carbonyl (C=O) groups is 4. The Kier molecular flexibility index (Phi) is 20.4. The van der Waals surface area contributed by atoms with Crippen LogP contribution in [0.2, 0.25) is 0 Å². The highest BCUT2D eigenvalue weighted by Gasteiger charge is 2.61. The number of amides is 2. The number of H-pyrrole nitrogens is 1. The number of likely N-dealkylation sites (N-methyl/N-ethyl adjacent to an activating group) is 1. The Labute approximate surface area is 412 Å². The van der Waals surface area contributed by atoms with Crippen molar-refractivity contribution in [3.8, 4) is 11.8 Å². The van der Waals surface area contributed by atoms with Gasteiger partial charge in [0.25, 0.3) is 0 Å². The third-order valence-electron chi connectivity index (χ3n) is 14.2. The molecule has 1 aromatic heterocycles. The monoisotopic (exact) mass is 945 g/mol. The molecule has 4 aromatic rings. The zero-order chi connectivity index (χ0) is 51.2. The van der Waals surface area contributed by atoms with Crippen molar-refractivity contribution in [1.82, 2.24) is 15.2 Å². The molecule has 2 saturated heterocycles. The van der Waals surface area contributed by atoms with Crippen molar-refractivity contribution < 1.29 is 23.9 Å². The van der Waals surface area contributed by atoms with Crippen molar-refractivity contribution in [3.63, 3.8) is 0 Å². The molecule has 69 heavy (non-hydrogen) atoms. The summed E-state index contributed by atoms with van der Waals surface area (Å²) in [7, 11) is 1.86. The Balaban J connectivity index is 0.000000221. The van der Waals surface area contributed by atoms with Crippen LogP contribution < -0.4 is 25.4 Å². The highest BCUT2D eigenvalue weighted by molar-refractivity contribution is 6.00. The number of aldehydes is 1. The second-order valence-corrected chi connectivity index (χ2v) is 20.0. The number of carbonyl (C=O) groups excluding carboxylic acids is 4. The molecule has 12 heteroatoms. The van der Waals surface area contributed by atoms with E-state index in [2.05, 4.69) is 107 Å². The van der Waals surface area contributed by atoms with Gasteiger partial charge in [-0.25, -0.2) is 0 Å². The van der Waals surface area contributed by atoms with Crippen molar-refractivity contribution in [2.24, 2.45) is 28.6 Å². The van der Waals surface area contributed by atoms with Crippen LogP contribution in [0.1, 0.15) is 153 Å². The van der Waals surface area contributed by atoms with Gasteiger partial charge in [-0.1, -0.05) is 82.6 Å². The number of ether oxygens (including phenoxy) is 1. The molecular weight excluding hydrogens is 865 g/mol. The van der Waals surface area contributed by atoms with E-state index >= 15 is 0 Å². The number of pyridine rings is 1. The molecule has 3 heterocycles. The van der Waals surface area contributed by atoms with Crippen LogP contribution in [0.4, 0.5) is 11.4 Å². The number of Topliss-reactive ketones (excluding diaryl/α,β-unsaturated/α-hetero) is 1. The number of benzene rings is 3. The van der Waals surface area contributed by atoms with Crippen LogP contribution in [0.15, 0.2) is 71.5 Å². The van der Waals surface area contributed by atoms with Crippen LogP contribution in [0, 0.1) is 39.9 Å². The van der Waals surface area contributed by atoms with Gasteiger partial charge >= 0.3 is 0 Å². The Hall–Kier alpha value is -5.80. The summed E-state index contributed by atoms with van der Waals surface area (Å²) in [6.07, 6.45) is 6.59. The van der Waals surface area contributed by atoms with Crippen molar-refractivity contribution in [3.05, 3.63) is 99.3 Å². The summed E-state index contributed by atoms with van der Waals surface area (Å²) in [6, 6.07) is 22.4. The lowest BCUT2D eigenvalue weighted by Crippen LogP contribution is -2.64. The first-order chi connectivity index (χ1) is 32.8. The summed E-state index contributed by atoms with van der Waals surface area (Å²) in [6.45, 7) is 30.2. The number of aromatic amines is 1. The quantitative estimate of drug-likeness (QED) is 0.0751. The van der Waals surface area contributed by atoms with E-state index in [1.807, 2.05) is 56.1 Å². The number of fused-ring (bicyclic) bond motifs is 2. The summed E-state index contributed by atoms with van der Waals surface area (Å²) < 4.78 is 6.37. The first kappa shape index (κ1) is 55.8. The molecule has 4 aliphatic rings. The minimum atomic E-state index is -0.349. The predicted octanol–water partition coefficient (Wildman–Crippen LogP) is 11.0. The minimum Gasteiger partial charge on any atom is -0.489 e. The van der Waals surface area contributed by atoms with Crippen molar-refractivity contribution >= 4 is 46.2 Å². The number of nitrogens with zero attached hydrogens (tertiary/aromatic N) is 4. The maximum atomic E-state index is 12.1. The van der Waals surface area contributed by atoms with E-state index in [9.17, 15) is 29.2 Å². The zero-order valence-corrected chi connectivity index (χ0v) is 43.8. The Morgan fingerprint density at radius 3 is 2.04 bits per heavy atom. The summed E-state index contributed by atoms with van der Waals surface area (Å²) in [5.41, 5.74) is 5.65. The fraction of sp³-hybridized carbons (Fsp3) is 0.544. The number of imide groups is 1. The lowest BCUT2D eigenvalue weighted by Gasteiger charge is -2.62. The van der Waals surface area contributed by atoms with E-state index in [0.29, 0.717) is 47.7 Å². The molecule has 12 nitrogen and oxygen atoms in total. The molecule has 2 saturated carbocycles. The molecule has 0 bridgehead atoms. The molecule has 0 spiro atoms. The van der Waals surface area contributed by atoms with E-state index < -0.39 is 0 Å². The van der Waals surface area contributed by atoms with Gasteiger partial charge in [0.2, 0.25) is 17.4 Å². The Morgan fingerprint density at radius 2 is 1.51 bits per heavy atom. The molecule has 3 atom stereocenters. The van der Waals surface area contributed by atoms with Gasteiger partial charge in [0.05, 0.1) is 17.1 Å². The fourth-order valence-corrected chi connectivity index (χ4v) is 10.1. The first-order valence-electron chi connectivity index (χ1n) is 25.3. The average Bonchev–Trinajstić information content (AvgIpc) is 3.94. The van der Waals surface area contributed by atoms with Crippen molar-refractivity contribution in [2.45, 2.75) is 140 Å².